The van der Waals surface area contributed by atoms with E-state index in [1.165, 1.54) is 0 Å². The van der Waals surface area contributed by atoms with E-state index < -0.39 is 0 Å². The minimum absolute atomic E-state index is 0.0192. The summed E-state index contributed by atoms with van der Waals surface area (Å²) < 4.78 is 0. The second-order valence-electron chi connectivity index (χ2n) is 5.02. The Balaban J connectivity index is 2.67. The zero-order chi connectivity index (χ0) is 12.3. The summed E-state index contributed by atoms with van der Waals surface area (Å²) in [4.78, 5) is 11.6. The van der Waals surface area contributed by atoms with Gasteiger partial charge < -0.3 is 11.1 Å². The predicted molar refractivity (Wildman–Crippen MR) is 68.6 cm³/mol. The highest BCUT2D eigenvalue weighted by Gasteiger charge is 2.15. The molecule has 3 N–H and O–H groups in total. The summed E-state index contributed by atoms with van der Waals surface area (Å²) in [5.41, 5.74) is 6.76. The molecule has 1 aromatic rings. The fourth-order valence-electron chi connectivity index (χ4n) is 1.31. The number of anilines is 2. The number of nitrogens with one attached hydrogen (secondary N) is 1. The molecule has 0 aliphatic carbocycles. The summed E-state index contributed by atoms with van der Waals surface area (Å²) in [6, 6.07) is 5.06. The van der Waals surface area contributed by atoms with E-state index >= 15 is 0 Å². The molecule has 0 fully saturated rings. The molecule has 0 bridgehead atoms. The smallest absolute Gasteiger partial charge is 0.224 e. The fourth-order valence-corrected chi connectivity index (χ4v) is 1.43. The standard InChI is InChI=1S/C12H17ClN2O/c1-12(2,3)7-11(16)15-8-4-5-9(13)10(14)6-8/h4-6H,7,14H2,1-3H3,(H,15,16). The SMILES string of the molecule is CC(C)(C)CC(=O)Nc1ccc(Cl)c(N)c1. The average Bonchev–Trinajstić information content (AvgIpc) is 2.08. The number of nitrogens with two attached hydrogens (primary N) is 1. The van der Waals surface area contributed by atoms with Gasteiger partial charge in [-0.3, -0.25) is 4.79 Å². The summed E-state index contributed by atoms with van der Waals surface area (Å²) in [6.07, 6.45) is 0.468. The predicted octanol–water partition coefficient (Wildman–Crippen LogP) is 3.30. The molecule has 0 atom stereocenters. The number of nitrogen functional groups attached to an aromatic ring is 1. The highest BCUT2D eigenvalue weighted by Crippen LogP contribution is 2.24. The molecule has 1 rings (SSSR count). The fraction of sp³-hybridized carbons (Fsp3) is 0.417. The third-order valence-corrected chi connectivity index (χ3v) is 2.31. The van der Waals surface area contributed by atoms with Crippen LogP contribution in [0.25, 0.3) is 0 Å². The Kier molecular flexibility index (Phi) is 3.81. The van der Waals surface area contributed by atoms with E-state index in [9.17, 15) is 4.79 Å². The van der Waals surface area contributed by atoms with E-state index in [1.807, 2.05) is 20.8 Å². The van der Waals surface area contributed by atoms with Gasteiger partial charge in [-0.05, 0) is 23.6 Å². The van der Waals surface area contributed by atoms with Gasteiger partial charge in [0.15, 0.2) is 0 Å². The van der Waals surface area contributed by atoms with Gasteiger partial charge in [0.25, 0.3) is 0 Å². The Morgan fingerprint density at radius 3 is 2.56 bits per heavy atom. The molecule has 1 amide bonds. The molecular formula is C12H17ClN2O. The minimum atomic E-state index is -0.0257. The lowest BCUT2D eigenvalue weighted by molar-refractivity contribution is -0.117. The maximum atomic E-state index is 11.6. The molecule has 1 aromatic carbocycles. The van der Waals surface area contributed by atoms with Crippen molar-refractivity contribution in [1.29, 1.82) is 0 Å². The van der Waals surface area contributed by atoms with Crippen molar-refractivity contribution in [3.63, 3.8) is 0 Å². The third-order valence-electron chi connectivity index (χ3n) is 1.97. The topological polar surface area (TPSA) is 55.1 Å². The summed E-state index contributed by atoms with van der Waals surface area (Å²) in [5, 5.41) is 3.28. The van der Waals surface area contributed by atoms with E-state index in [2.05, 4.69) is 5.32 Å². The van der Waals surface area contributed by atoms with Gasteiger partial charge in [0.05, 0.1) is 10.7 Å². The summed E-state index contributed by atoms with van der Waals surface area (Å²) in [5.74, 6) is -0.0192. The maximum Gasteiger partial charge on any atom is 0.224 e. The molecular weight excluding hydrogens is 224 g/mol. The van der Waals surface area contributed by atoms with Crippen LogP contribution in [0.15, 0.2) is 18.2 Å². The number of benzene rings is 1. The molecule has 3 nitrogen and oxygen atoms in total. The van der Waals surface area contributed by atoms with E-state index in [0.717, 1.165) is 0 Å². The van der Waals surface area contributed by atoms with Crippen molar-refractivity contribution in [2.75, 3.05) is 11.1 Å². The molecule has 0 saturated heterocycles. The Labute approximate surface area is 101 Å². The van der Waals surface area contributed by atoms with Gasteiger partial charge in [0.1, 0.15) is 0 Å². The molecule has 0 radical (unpaired) electrons. The van der Waals surface area contributed by atoms with Crippen LogP contribution < -0.4 is 11.1 Å². The van der Waals surface area contributed by atoms with Gasteiger partial charge in [0.2, 0.25) is 5.91 Å². The van der Waals surface area contributed by atoms with Gasteiger partial charge in [-0.25, -0.2) is 0 Å². The average molecular weight is 241 g/mol. The Morgan fingerprint density at radius 2 is 2.06 bits per heavy atom. The number of carbonyl (C=O) groups excluding carboxylic acids is 1. The van der Waals surface area contributed by atoms with Crippen molar-refractivity contribution in [1.82, 2.24) is 0 Å². The van der Waals surface area contributed by atoms with E-state index in [4.69, 9.17) is 17.3 Å². The molecule has 0 aromatic heterocycles. The molecule has 88 valence electrons. The number of hydrogen-bond donors (Lipinski definition) is 2. The van der Waals surface area contributed by atoms with Crippen molar-refractivity contribution < 1.29 is 4.79 Å². The Hall–Kier alpha value is -1.22. The highest BCUT2D eigenvalue weighted by molar-refractivity contribution is 6.33. The Bertz CT molecular complexity index is 396. The van der Waals surface area contributed by atoms with Crippen molar-refractivity contribution in [2.45, 2.75) is 27.2 Å². The number of carbonyl (C=O) groups is 1. The molecule has 0 aliphatic heterocycles. The van der Waals surface area contributed by atoms with Crippen LogP contribution >= 0.6 is 11.6 Å². The highest BCUT2D eigenvalue weighted by atomic mass is 35.5. The lowest BCUT2D eigenvalue weighted by Gasteiger charge is -2.17. The second kappa shape index (κ2) is 4.74. The quantitative estimate of drug-likeness (QED) is 0.780. The van der Waals surface area contributed by atoms with Crippen molar-refractivity contribution in [2.24, 2.45) is 5.41 Å². The number of rotatable bonds is 2. The van der Waals surface area contributed by atoms with Crippen LogP contribution in [-0.4, -0.2) is 5.91 Å². The van der Waals surface area contributed by atoms with Crippen LogP contribution in [0.3, 0.4) is 0 Å². The lowest BCUT2D eigenvalue weighted by atomic mass is 9.92. The first-order valence-corrected chi connectivity index (χ1v) is 5.50. The van der Waals surface area contributed by atoms with E-state index in [1.54, 1.807) is 18.2 Å². The molecule has 0 aliphatic rings. The second-order valence-corrected chi connectivity index (χ2v) is 5.43. The van der Waals surface area contributed by atoms with Gasteiger partial charge in [0, 0.05) is 12.1 Å². The molecule has 0 heterocycles. The number of amides is 1. The van der Waals surface area contributed by atoms with Gasteiger partial charge >= 0.3 is 0 Å². The summed E-state index contributed by atoms with van der Waals surface area (Å²) in [7, 11) is 0. The first kappa shape index (κ1) is 12.8. The van der Waals surface area contributed by atoms with E-state index in [-0.39, 0.29) is 11.3 Å². The normalized spacial score (nSPS) is 11.2. The largest absolute Gasteiger partial charge is 0.397 e. The monoisotopic (exact) mass is 240 g/mol. The third kappa shape index (κ3) is 4.11. The first-order valence-electron chi connectivity index (χ1n) is 5.13. The van der Waals surface area contributed by atoms with Gasteiger partial charge in [-0.15, -0.1) is 0 Å². The van der Waals surface area contributed by atoms with E-state index in [0.29, 0.717) is 22.8 Å². The van der Waals surface area contributed by atoms with Crippen LogP contribution in [-0.2, 0) is 4.79 Å². The maximum absolute atomic E-state index is 11.6. The summed E-state index contributed by atoms with van der Waals surface area (Å²) in [6.45, 7) is 6.05. The molecule has 0 unspecified atom stereocenters. The van der Waals surface area contributed by atoms with Crippen LogP contribution in [0, 0.1) is 5.41 Å². The lowest BCUT2D eigenvalue weighted by Crippen LogP contribution is -2.19. The van der Waals surface area contributed by atoms with Crippen molar-refractivity contribution in [3.05, 3.63) is 23.2 Å². The Morgan fingerprint density at radius 1 is 1.44 bits per heavy atom. The van der Waals surface area contributed by atoms with Crippen LogP contribution in [0.1, 0.15) is 27.2 Å². The van der Waals surface area contributed by atoms with Crippen molar-refractivity contribution >= 4 is 28.9 Å². The van der Waals surface area contributed by atoms with Crippen LogP contribution in [0.4, 0.5) is 11.4 Å². The minimum Gasteiger partial charge on any atom is -0.397 e. The first-order chi connectivity index (χ1) is 7.28. The molecule has 0 spiro atoms. The van der Waals surface area contributed by atoms with Crippen LogP contribution in [0.2, 0.25) is 5.02 Å². The zero-order valence-electron chi connectivity index (χ0n) is 9.80. The summed E-state index contributed by atoms with van der Waals surface area (Å²) >= 11 is 5.79. The number of halogens is 1. The van der Waals surface area contributed by atoms with Crippen molar-refractivity contribution in [3.8, 4) is 0 Å². The zero-order valence-corrected chi connectivity index (χ0v) is 10.6. The van der Waals surface area contributed by atoms with Gasteiger partial charge in [-0.1, -0.05) is 32.4 Å². The molecule has 16 heavy (non-hydrogen) atoms. The molecule has 4 heteroatoms. The number of hydrogen-bond acceptors (Lipinski definition) is 2. The van der Waals surface area contributed by atoms with Gasteiger partial charge in [-0.2, -0.15) is 0 Å². The van der Waals surface area contributed by atoms with Crippen LogP contribution in [0.5, 0.6) is 0 Å². The molecule has 0 saturated carbocycles.